The molecule has 2 N–H and O–H groups in total. The Morgan fingerprint density at radius 2 is 2.04 bits per heavy atom. The number of fused-ring (bicyclic) bond motifs is 1. The summed E-state index contributed by atoms with van der Waals surface area (Å²) in [5, 5.41) is 11.2. The third-order valence-corrected chi connectivity index (χ3v) is 5.85. The van der Waals surface area contributed by atoms with Crippen LogP contribution in [0.4, 0.5) is 0 Å². The minimum atomic E-state index is -0.113. The molecule has 3 aromatic rings. The smallest absolute Gasteiger partial charge is 0.269 e. The summed E-state index contributed by atoms with van der Waals surface area (Å²) in [4.78, 5) is 18.5. The number of aromatic amines is 1. The standard InChI is InChI=1S/C20H22N4OS/c25-20(17-13-16(23-24-17)14-7-2-1-3-8-14)21-12-6-11-19-22-15-9-4-5-10-18(15)26-19/h1-3,7-8,13H,4-6,9-12H2,(H,21,25)(H,23,24). The van der Waals surface area contributed by atoms with Crippen LogP contribution in [0.1, 0.15) is 45.3 Å². The molecule has 0 atom stereocenters. The normalized spacial score (nSPS) is 13.4. The maximum atomic E-state index is 12.3. The van der Waals surface area contributed by atoms with Gasteiger partial charge in [-0.25, -0.2) is 4.98 Å². The molecular formula is C20H22N4OS. The van der Waals surface area contributed by atoms with Crippen molar-refractivity contribution in [2.75, 3.05) is 6.54 Å². The molecule has 26 heavy (non-hydrogen) atoms. The number of hydrogen-bond acceptors (Lipinski definition) is 4. The van der Waals surface area contributed by atoms with Crippen molar-refractivity contribution in [3.8, 4) is 11.3 Å². The summed E-state index contributed by atoms with van der Waals surface area (Å²) in [6, 6.07) is 11.6. The highest BCUT2D eigenvalue weighted by molar-refractivity contribution is 7.11. The summed E-state index contributed by atoms with van der Waals surface area (Å²) < 4.78 is 0. The number of carbonyl (C=O) groups excluding carboxylic acids is 1. The Morgan fingerprint density at radius 1 is 1.19 bits per heavy atom. The van der Waals surface area contributed by atoms with E-state index in [2.05, 4.69) is 15.5 Å². The SMILES string of the molecule is O=C(NCCCc1nc2c(s1)CCCC2)c1cc(-c2ccccc2)n[nH]1. The first-order valence-electron chi connectivity index (χ1n) is 9.16. The van der Waals surface area contributed by atoms with Gasteiger partial charge < -0.3 is 5.32 Å². The lowest BCUT2D eigenvalue weighted by Gasteiger charge is -2.06. The summed E-state index contributed by atoms with van der Waals surface area (Å²) in [6.07, 6.45) is 6.70. The lowest BCUT2D eigenvalue weighted by atomic mass is 10.0. The van der Waals surface area contributed by atoms with Crippen LogP contribution in [0.25, 0.3) is 11.3 Å². The van der Waals surface area contributed by atoms with Gasteiger partial charge in [0.2, 0.25) is 0 Å². The number of rotatable bonds is 6. The van der Waals surface area contributed by atoms with Crippen molar-refractivity contribution in [2.45, 2.75) is 38.5 Å². The Kier molecular flexibility index (Phi) is 5.11. The van der Waals surface area contributed by atoms with E-state index in [1.807, 2.05) is 41.7 Å². The van der Waals surface area contributed by atoms with Gasteiger partial charge >= 0.3 is 0 Å². The van der Waals surface area contributed by atoms with Crippen LogP contribution >= 0.6 is 11.3 Å². The van der Waals surface area contributed by atoms with Crippen LogP contribution in [0.2, 0.25) is 0 Å². The second-order valence-electron chi connectivity index (χ2n) is 6.58. The Hall–Kier alpha value is -2.47. The van der Waals surface area contributed by atoms with Gasteiger partial charge in [-0.1, -0.05) is 30.3 Å². The molecule has 1 aromatic carbocycles. The highest BCUT2D eigenvalue weighted by Gasteiger charge is 2.15. The molecule has 6 heteroatoms. The topological polar surface area (TPSA) is 70.7 Å². The minimum absolute atomic E-state index is 0.113. The van der Waals surface area contributed by atoms with Crippen LogP contribution in [0.5, 0.6) is 0 Å². The summed E-state index contributed by atoms with van der Waals surface area (Å²) in [6.45, 7) is 0.642. The molecule has 2 heterocycles. The van der Waals surface area contributed by atoms with Crippen LogP contribution in [-0.4, -0.2) is 27.6 Å². The number of benzene rings is 1. The van der Waals surface area contributed by atoms with Gasteiger partial charge in [0.05, 0.1) is 16.4 Å². The first kappa shape index (κ1) is 17.0. The quantitative estimate of drug-likeness (QED) is 0.652. The third-order valence-electron chi connectivity index (χ3n) is 4.63. The van der Waals surface area contributed by atoms with Crippen molar-refractivity contribution in [1.82, 2.24) is 20.5 Å². The van der Waals surface area contributed by atoms with Crippen molar-refractivity contribution in [1.29, 1.82) is 0 Å². The van der Waals surface area contributed by atoms with Crippen LogP contribution < -0.4 is 5.32 Å². The van der Waals surface area contributed by atoms with Gasteiger partial charge in [-0.05, 0) is 38.2 Å². The number of H-pyrrole nitrogens is 1. The van der Waals surface area contributed by atoms with Crippen LogP contribution in [0.15, 0.2) is 36.4 Å². The first-order valence-corrected chi connectivity index (χ1v) is 9.98. The van der Waals surface area contributed by atoms with Gasteiger partial charge in [0, 0.05) is 23.4 Å². The molecule has 0 fully saturated rings. The zero-order chi connectivity index (χ0) is 17.8. The number of carbonyl (C=O) groups is 1. The molecule has 0 unspecified atom stereocenters. The number of thiazole rings is 1. The lowest BCUT2D eigenvalue weighted by Crippen LogP contribution is -2.25. The molecule has 0 spiro atoms. The lowest BCUT2D eigenvalue weighted by molar-refractivity contribution is 0.0948. The number of hydrogen-bond donors (Lipinski definition) is 2. The van der Waals surface area contributed by atoms with Crippen molar-refractivity contribution in [3.05, 3.63) is 57.7 Å². The van der Waals surface area contributed by atoms with E-state index in [-0.39, 0.29) is 5.91 Å². The maximum absolute atomic E-state index is 12.3. The van der Waals surface area contributed by atoms with Gasteiger partial charge in [0.1, 0.15) is 5.69 Å². The first-order chi connectivity index (χ1) is 12.8. The second-order valence-corrected chi connectivity index (χ2v) is 7.75. The Morgan fingerprint density at radius 3 is 2.88 bits per heavy atom. The number of nitrogens with one attached hydrogen (secondary N) is 2. The fourth-order valence-electron chi connectivity index (χ4n) is 3.24. The molecule has 0 saturated heterocycles. The Balaban J connectivity index is 1.26. The predicted molar refractivity (Wildman–Crippen MR) is 103 cm³/mol. The average molecular weight is 366 g/mol. The number of amides is 1. The van der Waals surface area contributed by atoms with Gasteiger partial charge in [-0.3, -0.25) is 9.89 Å². The molecule has 1 aliphatic rings. The third kappa shape index (κ3) is 3.85. The van der Waals surface area contributed by atoms with Gasteiger partial charge in [-0.2, -0.15) is 5.10 Å². The molecule has 1 aliphatic carbocycles. The van der Waals surface area contributed by atoms with E-state index in [1.165, 1.54) is 34.8 Å². The van der Waals surface area contributed by atoms with Crippen molar-refractivity contribution >= 4 is 17.2 Å². The number of aromatic nitrogens is 3. The summed E-state index contributed by atoms with van der Waals surface area (Å²) in [5.41, 5.74) is 3.58. The van der Waals surface area contributed by atoms with Crippen molar-refractivity contribution < 1.29 is 4.79 Å². The Bertz CT molecular complexity index is 861. The minimum Gasteiger partial charge on any atom is -0.351 e. The average Bonchev–Trinajstić information content (AvgIpc) is 3.32. The van der Waals surface area contributed by atoms with Crippen molar-refractivity contribution in [3.63, 3.8) is 0 Å². The van der Waals surface area contributed by atoms with Gasteiger partial charge in [0.15, 0.2) is 0 Å². The molecule has 2 aromatic heterocycles. The van der Waals surface area contributed by atoms with E-state index in [4.69, 9.17) is 4.98 Å². The summed E-state index contributed by atoms with van der Waals surface area (Å²) in [7, 11) is 0. The van der Waals surface area contributed by atoms with Gasteiger partial charge in [0.25, 0.3) is 5.91 Å². The number of aryl methyl sites for hydroxylation is 3. The predicted octanol–water partition coefficient (Wildman–Crippen LogP) is 3.77. The Labute approximate surface area is 156 Å². The zero-order valence-corrected chi connectivity index (χ0v) is 15.4. The molecule has 0 aliphatic heterocycles. The highest BCUT2D eigenvalue weighted by Crippen LogP contribution is 2.27. The van der Waals surface area contributed by atoms with E-state index < -0.39 is 0 Å². The second kappa shape index (κ2) is 7.83. The van der Waals surface area contributed by atoms with Gasteiger partial charge in [-0.15, -0.1) is 11.3 Å². The highest BCUT2D eigenvalue weighted by atomic mass is 32.1. The van der Waals surface area contributed by atoms with E-state index in [9.17, 15) is 4.79 Å². The van der Waals surface area contributed by atoms with Crippen LogP contribution in [0, 0.1) is 0 Å². The molecule has 0 bridgehead atoms. The van der Waals surface area contributed by atoms with Crippen LogP contribution in [-0.2, 0) is 19.3 Å². The molecule has 4 rings (SSSR count). The molecule has 134 valence electrons. The summed E-state index contributed by atoms with van der Waals surface area (Å²) >= 11 is 1.85. The van der Waals surface area contributed by atoms with Crippen molar-refractivity contribution in [2.24, 2.45) is 0 Å². The maximum Gasteiger partial charge on any atom is 0.269 e. The van der Waals surface area contributed by atoms with E-state index in [0.717, 1.165) is 30.5 Å². The monoisotopic (exact) mass is 366 g/mol. The molecule has 0 radical (unpaired) electrons. The molecular weight excluding hydrogens is 344 g/mol. The largest absolute Gasteiger partial charge is 0.351 e. The molecule has 5 nitrogen and oxygen atoms in total. The van der Waals surface area contributed by atoms with Crippen LogP contribution in [0.3, 0.4) is 0 Å². The number of nitrogens with zero attached hydrogens (tertiary/aromatic N) is 2. The summed E-state index contributed by atoms with van der Waals surface area (Å²) in [5.74, 6) is -0.113. The van der Waals surface area contributed by atoms with E-state index in [1.54, 1.807) is 6.07 Å². The molecule has 1 amide bonds. The van der Waals surface area contributed by atoms with E-state index in [0.29, 0.717) is 12.2 Å². The zero-order valence-electron chi connectivity index (χ0n) is 14.6. The fourth-order valence-corrected chi connectivity index (χ4v) is 4.44. The fraction of sp³-hybridized carbons (Fsp3) is 0.350. The molecule has 0 saturated carbocycles. The van der Waals surface area contributed by atoms with E-state index >= 15 is 0 Å².